The first-order valence-corrected chi connectivity index (χ1v) is 14.4. The number of nitrogens with zero attached hydrogens (tertiary/aromatic N) is 1. The summed E-state index contributed by atoms with van der Waals surface area (Å²) in [5.74, 6) is -1.71. The van der Waals surface area contributed by atoms with Crippen LogP contribution in [0.5, 0.6) is 17.2 Å². The van der Waals surface area contributed by atoms with E-state index < -0.39 is 30.4 Å². The van der Waals surface area contributed by atoms with Crippen LogP contribution in [0.25, 0.3) is 21.7 Å². The number of hydrogen-bond donors (Lipinski definition) is 5. The van der Waals surface area contributed by atoms with Crippen molar-refractivity contribution >= 4 is 68.5 Å². The Hall–Kier alpha value is -5.17. The SMILES string of the molecule is COc1cc2cc(C(=O)N3C[C@@H](CCl)c4c3cc(NC(=O)NC(CCC(=O)O)C(=O)O)c3ccccc43)[nH]c2c(OC)c1OC. The molecule has 2 heterocycles. The molecule has 0 saturated heterocycles. The lowest BCUT2D eigenvalue weighted by Crippen LogP contribution is -2.43. The number of benzene rings is 3. The first kappa shape index (κ1) is 31.3. The molecule has 1 aromatic heterocycles. The topological polar surface area (TPSA) is 180 Å². The number of halogens is 1. The van der Waals surface area contributed by atoms with Gasteiger partial charge in [0.1, 0.15) is 11.7 Å². The normalized spacial score (nSPS) is 14.6. The number of H-pyrrole nitrogens is 1. The standard InChI is InChI=1S/C31H31ClN4O9/c1-43-23-11-15-10-21(33-26(15)28(45-3)27(23)44-2)29(39)36-14-16(13-32)25-18-7-5-4-6-17(18)20(12-22(25)36)35-31(42)34-19(30(40)41)8-9-24(37)38/h4-7,10-12,16,19,33H,8-9,13-14H2,1-3H3,(H,37,38)(H,40,41)(H2,34,35,42)/t16-,19?/m1/s1. The van der Waals surface area contributed by atoms with Crippen molar-refractivity contribution in [2.45, 2.75) is 24.8 Å². The summed E-state index contributed by atoms with van der Waals surface area (Å²) in [5, 5.41) is 25.5. The zero-order chi connectivity index (χ0) is 32.4. The molecule has 0 spiro atoms. The van der Waals surface area contributed by atoms with Gasteiger partial charge in [-0.1, -0.05) is 24.3 Å². The molecule has 1 aliphatic rings. The molecule has 5 N–H and O–H groups in total. The van der Waals surface area contributed by atoms with E-state index in [9.17, 15) is 24.3 Å². The molecule has 0 aliphatic carbocycles. The first-order valence-electron chi connectivity index (χ1n) is 13.9. The van der Waals surface area contributed by atoms with Crippen LogP contribution in [0.3, 0.4) is 0 Å². The number of methoxy groups -OCH3 is 3. The third kappa shape index (κ3) is 5.86. The van der Waals surface area contributed by atoms with Gasteiger partial charge in [0.2, 0.25) is 5.75 Å². The van der Waals surface area contributed by atoms with E-state index in [0.29, 0.717) is 44.9 Å². The van der Waals surface area contributed by atoms with Gasteiger partial charge in [0.15, 0.2) is 11.5 Å². The Morgan fingerprint density at radius 1 is 1.02 bits per heavy atom. The predicted octanol–water partition coefficient (Wildman–Crippen LogP) is 4.77. The van der Waals surface area contributed by atoms with Gasteiger partial charge in [0.25, 0.3) is 5.91 Å². The van der Waals surface area contributed by atoms with Crippen molar-refractivity contribution in [3.63, 3.8) is 0 Å². The maximum atomic E-state index is 14.1. The summed E-state index contributed by atoms with van der Waals surface area (Å²) in [5.41, 5.74) is 2.50. The van der Waals surface area contributed by atoms with E-state index in [2.05, 4.69) is 15.6 Å². The Labute approximate surface area is 262 Å². The van der Waals surface area contributed by atoms with Gasteiger partial charge < -0.3 is 44.9 Å². The summed E-state index contributed by atoms with van der Waals surface area (Å²) in [6, 6.07) is 10.1. The van der Waals surface area contributed by atoms with Crippen LogP contribution in [0.2, 0.25) is 0 Å². The summed E-state index contributed by atoms with van der Waals surface area (Å²) >= 11 is 6.42. The number of anilines is 2. The number of carboxylic acid groups (broad SMARTS) is 2. The largest absolute Gasteiger partial charge is 0.493 e. The van der Waals surface area contributed by atoms with Gasteiger partial charge in [0.05, 0.1) is 38.2 Å². The van der Waals surface area contributed by atoms with Crippen LogP contribution in [-0.4, -0.2) is 78.9 Å². The number of amides is 3. The molecule has 45 heavy (non-hydrogen) atoms. The van der Waals surface area contributed by atoms with E-state index in [1.54, 1.807) is 35.2 Å². The molecule has 0 saturated carbocycles. The van der Waals surface area contributed by atoms with Crippen LogP contribution in [0, 0.1) is 0 Å². The Morgan fingerprint density at radius 2 is 1.73 bits per heavy atom. The molecule has 0 bridgehead atoms. The highest BCUT2D eigenvalue weighted by molar-refractivity contribution is 6.20. The summed E-state index contributed by atoms with van der Waals surface area (Å²) < 4.78 is 16.5. The van der Waals surface area contributed by atoms with E-state index in [1.807, 2.05) is 12.1 Å². The molecule has 1 unspecified atom stereocenters. The van der Waals surface area contributed by atoms with Gasteiger partial charge in [-0.25, -0.2) is 9.59 Å². The third-order valence-electron chi connectivity index (χ3n) is 7.75. The van der Waals surface area contributed by atoms with Crippen molar-refractivity contribution in [3.05, 3.63) is 53.7 Å². The van der Waals surface area contributed by atoms with Gasteiger partial charge in [-0.3, -0.25) is 9.59 Å². The summed E-state index contributed by atoms with van der Waals surface area (Å²) in [6.45, 7) is 0.271. The van der Waals surface area contributed by atoms with Gasteiger partial charge in [0, 0.05) is 35.5 Å². The molecule has 236 valence electrons. The molecule has 4 aromatic rings. The highest BCUT2D eigenvalue weighted by atomic mass is 35.5. The number of carbonyl (C=O) groups is 4. The fraction of sp³-hybridized carbons (Fsp3) is 0.290. The average molecular weight is 639 g/mol. The van der Waals surface area contributed by atoms with Crippen molar-refractivity contribution in [1.82, 2.24) is 10.3 Å². The molecule has 1 aliphatic heterocycles. The minimum atomic E-state index is -1.42. The quantitative estimate of drug-likeness (QED) is 0.145. The van der Waals surface area contributed by atoms with Crippen LogP contribution in [-0.2, 0) is 9.59 Å². The average Bonchev–Trinajstić information content (AvgIpc) is 3.63. The fourth-order valence-electron chi connectivity index (χ4n) is 5.71. The number of ether oxygens (including phenoxy) is 3. The summed E-state index contributed by atoms with van der Waals surface area (Å²) in [7, 11) is 4.48. The van der Waals surface area contributed by atoms with Crippen LogP contribution in [0.1, 0.15) is 34.8 Å². The van der Waals surface area contributed by atoms with Crippen LogP contribution < -0.4 is 29.7 Å². The maximum absolute atomic E-state index is 14.1. The molecule has 0 fully saturated rings. The van der Waals surface area contributed by atoms with Gasteiger partial charge >= 0.3 is 18.0 Å². The van der Waals surface area contributed by atoms with E-state index in [-0.39, 0.29) is 36.4 Å². The van der Waals surface area contributed by atoms with Gasteiger partial charge in [-0.2, -0.15) is 0 Å². The fourth-order valence-corrected chi connectivity index (χ4v) is 5.97. The second-order valence-corrected chi connectivity index (χ2v) is 10.7. The van der Waals surface area contributed by atoms with Gasteiger partial charge in [-0.15, -0.1) is 11.6 Å². The monoisotopic (exact) mass is 638 g/mol. The lowest BCUT2D eigenvalue weighted by atomic mass is 9.95. The summed E-state index contributed by atoms with van der Waals surface area (Å²) in [4.78, 5) is 54.4. The molecule has 2 atom stereocenters. The predicted molar refractivity (Wildman–Crippen MR) is 167 cm³/mol. The summed E-state index contributed by atoms with van der Waals surface area (Å²) in [6.07, 6.45) is -0.731. The number of rotatable bonds is 11. The van der Waals surface area contributed by atoms with Crippen molar-refractivity contribution < 1.29 is 43.6 Å². The number of fused-ring (bicyclic) bond motifs is 4. The number of alkyl halides is 1. The van der Waals surface area contributed by atoms with E-state index in [4.69, 9.17) is 30.9 Å². The van der Waals surface area contributed by atoms with E-state index in [0.717, 1.165) is 10.9 Å². The van der Waals surface area contributed by atoms with Crippen LogP contribution in [0.15, 0.2) is 42.5 Å². The van der Waals surface area contributed by atoms with Crippen LogP contribution in [0.4, 0.5) is 16.2 Å². The number of urea groups is 1. The van der Waals surface area contributed by atoms with Crippen LogP contribution >= 0.6 is 11.6 Å². The molecule has 5 rings (SSSR count). The molecule has 13 nitrogen and oxygen atoms in total. The Balaban J connectivity index is 1.54. The Morgan fingerprint density at radius 3 is 2.36 bits per heavy atom. The Bertz CT molecular complexity index is 1820. The molecule has 3 aromatic carbocycles. The van der Waals surface area contributed by atoms with Crippen molar-refractivity contribution in [1.29, 1.82) is 0 Å². The zero-order valence-corrected chi connectivity index (χ0v) is 25.4. The number of carboxylic acids is 2. The van der Waals surface area contributed by atoms with Crippen molar-refractivity contribution in [3.8, 4) is 17.2 Å². The smallest absolute Gasteiger partial charge is 0.326 e. The second kappa shape index (κ2) is 12.8. The third-order valence-corrected chi connectivity index (χ3v) is 8.12. The number of hydrogen-bond acceptors (Lipinski definition) is 7. The molecule has 3 amide bonds. The molecule has 0 radical (unpaired) electrons. The number of carbonyl (C=O) groups excluding carboxylic acids is 2. The zero-order valence-electron chi connectivity index (χ0n) is 24.6. The van der Waals surface area contributed by atoms with E-state index >= 15 is 0 Å². The minimum Gasteiger partial charge on any atom is -0.493 e. The molecule has 14 heteroatoms. The number of nitrogens with one attached hydrogen (secondary N) is 3. The maximum Gasteiger partial charge on any atom is 0.326 e. The first-order chi connectivity index (χ1) is 21.6. The number of aromatic nitrogens is 1. The van der Waals surface area contributed by atoms with Gasteiger partial charge in [-0.05, 0) is 35.6 Å². The Kier molecular flexibility index (Phi) is 8.91. The minimum absolute atomic E-state index is 0.218. The van der Waals surface area contributed by atoms with Crippen molar-refractivity contribution in [2.75, 3.05) is 44.0 Å². The van der Waals surface area contributed by atoms with Crippen molar-refractivity contribution in [2.24, 2.45) is 0 Å². The second-order valence-electron chi connectivity index (χ2n) is 10.4. The number of aromatic amines is 1. The number of aliphatic carboxylic acids is 2. The molecular formula is C31H31ClN4O9. The van der Waals surface area contributed by atoms with E-state index in [1.165, 1.54) is 21.3 Å². The highest BCUT2D eigenvalue weighted by Gasteiger charge is 2.36. The molecular weight excluding hydrogens is 608 g/mol. The highest BCUT2D eigenvalue weighted by Crippen LogP contribution is 2.46. The lowest BCUT2D eigenvalue weighted by Gasteiger charge is -2.20. The lowest BCUT2D eigenvalue weighted by molar-refractivity contribution is -0.140.